The Morgan fingerprint density at radius 1 is 1.28 bits per heavy atom. The molecular weight excluding hydrogens is 232 g/mol. The molecule has 1 aliphatic carbocycles. The van der Waals surface area contributed by atoms with Gasteiger partial charge in [0.15, 0.2) is 0 Å². The Hall–Kier alpha value is -0.940. The summed E-state index contributed by atoms with van der Waals surface area (Å²) in [6.07, 6.45) is 7.84. The van der Waals surface area contributed by atoms with Gasteiger partial charge in [-0.1, -0.05) is 19.3 Å². The lowest BCUT2D eigenvalue weighted by Crippen LogP contribution is -2.38. The van der Waals surface area contributed by atoms with Crippen LogP contribution in [0.1, 0.15) is 32.1 Å². The van der Waals surface area contributed by atoms with Crippen molar-refractivity contribution in [1.82, 2.24) is 4.90 Å². The van der Waals surface area contributed by atoms with Crippen molar-refractivity contribution in [1.29, 1.82) is 0 Å². The molecule has 0 unspecified atom stereocenters. The fraction of sp³-hybridized carbons (Fsp3) is 0.846. The molecule has 18 heavy (non-hydrogen) atoms. The molecule has 2 aliphatic rings. The number of hydrogen-bond donors (Lipinski definition) is 0. The van der Waals surface area contributed by atoms with Gasteiger partial charge in [-0.25, -0.2) is 0 Å². The summed E-state index contributed by atoms with van der Waals surface area (Å²) in [6.45, 7) is 3.45. The number of allylic oxidation sites excluding steroid dienone is 1. The minimum Gasteiger partial charge on any atom is -0.379 e. The third kappa shape index (κ3) is 4.07. The second kappa shape index (κ2) is 6.85. The fourth-order valence-electron chi connectivity index (χ4n) is 2.73. The van der Waals surface area contributed by atoms with E-state index in [4.69, 9.17) is 4.74 Å². The Balaban J connectivity index is 1.93. The molecule has 1 aliphatic heterocycles. The summed E-state index contributed by atoms with van der Waals surface area (Å²) in [5.74, 6) is 0.417. The molecule has 1 saturated heterocycles. The number of morpholine rings is 1. The number of ether oxygens (including phenoxy) is 1. The van der Waals surface area contributed by atoms with Gasteiger partial charge in [-0.15, -0.1) is 0 Å². The molecular formula is C13H22N2O3. The third-order valence-electron chi connectivity index (χ3n) is 3.80. The largest absolute Gasteiger partial charge is 0.379 e. The van der Waals surface area contributed by atoms with E-state index in [9.17, 15) is 10.1 Å². The molecule has 0 N–H and O–H groups in total. The van der Waals surface area contributed by atoms with E-state index < -0.39 is 0 Å². The van der Waals surface area contributed by atoms with E-state index in [0.29, 0.717) is 31.4 Å². The molecule has 102 valence electrons. The van der Waals surface area contributed by atoms with E-state index in [0.717, 1.165) is 25.9 Å². The van der Waals surface area contributed by atoms with Crippen molar-refractivity contribution >= 4 is 0 Å². The molecule has 1 saturated carbocycles. The van der Waals surface area contributed by atoms with Crippen LogP contribution < -0.4 is 0 Å². The minimum atomic E-state index is -0.204. The van der Waals surface area contributed by atoms with Gasteiger partial charge in [0.1, 0.15) is 0 Å². The molecule has 0 radical (unpaired) electrons. The molecule has 0 aromatic rings. The highest BCUT2D eigenvalue weighted by Crippen LogP contribution is 2.25. The predicted octanol–water partition coefficient (Wildman–Crippen LogP) is 2.06. The van der Waals surface area contributed by atoms with Crippen molar-refractivity contribution in [3.8, 4) is 0 Å². The third-order valence-corrected chi connectivity index (χ3v) is 3.80. The summed E-state index contributed by atoms with van der Waals surface area (Å²) in [5.41, 5.74) is 0.379. The van der Waals surface area contributed by atoms with E-state index in [1.54, 1.807) is 0 Å². The van der Waals surface area contributed by atoms with Crippen LogP contribution in [0.5, 0.6) is 0 Å². The number of nitrogens with zero attached hydrogens (tertiary/aromatic N) is 2. The van der Waals surface area contributed by atoms with Crippen LogP contribution in [0.25, 0.3) is 0 Å². The van der Waals surface area contributed by atoms with E-state index >= 15 is 0 Å². The van der Waals surface area contributed by atoms with Crippen molar-refractivity contribution in [3.05, 3.63) is 21.9 Å². The topological polar surface area (TPSA) is 55.6 Å². The molecule has 2 fully saturated rings. The van der Waals surface area contributed by atoms with Gasteiger partial charge in [0, 0.05) is 13.1 Å². The molecule has 0 spiro atoms. The molecule has 2 rings (SSSR count). The first-order valence-electron chi connectivity index (χ1n) is 6.91. The summed E-state index contributed by atoms with van der Waals surface area (Å²) in [7, 11) is 0. The van der Waals surface area contributed by atoms with E-state index in [-0.39, 0.29) is 4.92 Å². The fourth-order valence-corrected chi connectivity index (χ4v) is 2.73. The van der Waals surface area contributed by atoms with Crippen molar-refractivity contribution in [2.24, 2.45) is 5.92 Å². The molecule has 5 nitrogen and oxygen atoms in total. The average molecular weight is 254 g/mol. The summed E-state index contributed by atoms with van der Waals surface area (Å²) >= 11 is 0. The zero-order chi connectivity index (χ0) is 12.8. The Morgan fingerprint density at radius 2 is 1.94 bits per heavy atom. The Bertz CT molecular complexity index is 305. The number of nitro groups is 1. The zero-order valence-corrected chi connectivity index (χ0v) is 10.8. The van der Waals surface area contributed by atoms with Gasteiger partial charge in [-0.05, 0) is 24.8 Å². The summed E-state index contributed by atoms with van der Waals surface area (Å²) in [5, 5.41) is 11.1. The first kappa shape index (κ1) is 13.5. The van der Waals surface area contributed by atoms with Gasteiger partial charge < -0.3 is 4.74 Å². The zero-order valence-electron chi connectivity index (χ0n) is 10.8. The highest BCUT2D eigenvalue weighted by molar-refractivity contribution is 4.99. The second-order valence-electron chi connectivity index (χ2n) is 5.20. The monoisotopic (exact) mass is 254 g/mol. The Kier molecular flexibility index (Phi) is 5.13. The number of hydrogen-bond acceptors (Lipinski definition) is 4. The highest BCUT2D eigenvalue weighted by Gasteiger charge is 2.21. The van der Waals surface area contributed by atoms with Crippen LogP contribution in [-0.4, -0.2) is 42.7 Å². The maximum atomic E-state index is 11.1. The standard InChI is InChI=1S/C13H22N2O3/c16-15(17)13(10-12-4-2-1-3-5-12)11-14-6-8-18-9-7-14/h10,12H,1-9,11H2/b13-10-. The smallest absolute Gasteiger partial charge is 0.256 e. The summed E-state index contributed by atoms with van der Waals surface area (Å²) in [6, 6.07) is 0. The van der Waals surface area contributed by atoms with Crippen LogP contribution in [0, 0.1) is 16.0 Å². The van der Waals surface area contributed by atoms with Crippen LogP contribution >= 0.6 is 0 Å². The van der Waals surface area contributed by atoms with Gasteiger partial charge in [0.2, 0.25) is 0 Å². The molecule has 0 aromatic heterocycles. The van der Waals surface area contributed by atoms with Crippen molar-refractivity contribution < 1.29 is 9.66 Å². The highest BCUT2D eigenvalue weighted by atomic mass is 16.6. The molecule has 5 heteroatoms. The molecule has 0 bridgehead atoms. The van der Waals surface area contributed by atoms with Crippen LogP contribution in [0.3, 0.4) is 0 Å². The van der Waals surface area contributed by atoms with Gasteiger partial charge in [-0.3, -0.25) is 15.0 Å². The van der Waals surface area contributed by atoms with Crippen molar-refractivity contribution in [2.45, 2.75) is 32.1 Å². The van der Waals surface area contributed by atoms with Gasteiger partial charge in [-0.2, -0.15) is 0 Å². The van der Waals surface area contributed by atoms with Gasteiger partial charge in [0.05, 0.1) is 24.7 Å². The minimum absolute atomic E-state index is 0.204. The molecule has 0 atom stereocenters. The normalized spacial score (nSPS) is 24.1. The predicted molar refractivity (Wildman–Crippen MR) is 68.9 cm³/mol. The number of rotatable bonds is 4. The first-order chi connectivity index (χ1) is 8.75. The van der Waals surface area contributed by atoms with Crippen LogP contribution in [0.15, 0.2) is 11.8 Å². The van der Waals surface area contributed by atoms with Gasteiger partial charge >= 0.3 is 0 Å². The lowest BCUT2D eigenvalue weighted by Gasteiger charge is -2.25. The summed E-state index contributed by atoms with van der Waals surface area (Å²) < 4.78 is 5.26. The summed E-state index contributed by atoms with van der Waals surface area (Å²) in [4.78, 5) is 13.0. The van der Waals surface area contributed by atoms with Crippen LogP contribution in [0.2, 0.25) is 0 Å². The van der Waals surface area contributed by atoms with Crippen LogP contribution in [-0.2, 0) is 4.74 Å². The molecule has 0 amide bonds. The van der Waals surface area contributed by atoms with E-state index in [2.05, 4.69) is 4.90 Å². The van der Waals surface area contributed by atoms with Crippen LogP contribution in [0.4, 0.5) is 0 Å². The average Bonchev–Trinajstić information content (AvgIpc) is 2.40. The Morgan fingerprint density at radius 3 is 2.56 bits per heavy atom. The first-order valence-corrected chi connectivity index (χ1v) is 6.91. The van der Waals surface area contributed by atoms with Crippen molar-refractivity contribution in [2.75, 3.05) is 32.8 Å². The van der Waals surface area contributed by atoms with E-state index in [1.807, 2.05) is 6.08 Å². The second-order valence-corrected chi connectivity index (χ2v) is 5.20. The maximum absolute atomic E-state index is 11.1. The molecule has 1 heterocycles. The van der Waals surface area contributed by atoms with Crippen molar-refractivity contribution in [3.63, 3.8) is 0 Å². The lowest BCUT2D eigenvalue weighted by molar-refractivity contribution is -0.428. The molecule has 0 aromatic carbocycles. The van der Waals surface area contributed by atoms with E-state index in [1.165, 1.54) is 19.3 Å². The maximum Gasteiger partial charge on any atom is 0.256 e. The quantitative estimate of drug-likeness (QED) is 0.569. The van der Waals surface area contributed by atoms with Gasteiger partial charge in [0.25, 0.3) is 5.70 Å². The SMILES string of the molecule is O=[N+]([O-])/C(=C\C1CCCCC1)CN1CCOCC1. The lowest BCUT2D eigenvalue weighted by atomic mass is 9.88. The Labute approximate surface area is 108 Å².